The van der Waals surface area contributed by atoms with Crippen LogP contribution in [0.3, 0.4) is 0 Å². The molecule has 6 heteroatoms. The summed E-state index contributed by atoms with van der Waals surface area (Å²) >= 11 is 0. The highest BCUT2D eigenvalue weighted by Gasteiger charge is 2.06. The normalized spacial score (nSPS) is 10.6. The molecule has 0 saturated heterocycles. The third-order valence-corrected chi connectivity index (χ3v) is 3.68. The van der Waals surface area contributed by atoms with E-state index in [2.05, 4.69) is 10.5 Å². The molecule has 27 heavy (non-hydrogen) atoms. The van der Waals surface area contributed by atoms with Crippen molar-refractivity contribution in [2.75, 3.05) is 19.8 Å². The first-order chi connectivity index (χ1) is 13.2. The summed E-state index contributed by atoms with van der Waals surface area (Å²) in [6.45, 7) is 6.87. The summed E-state index contributed by atoms with van der Waals surface area (Å²) in [5, 5.41) is 3.97. The molecule has 2 rings (SSSR count). The second-order valence-corrected chi connectivity index (χ2v) is 5.62. The molecule has 1 N–H and O–H groups in total. The van der Waals surface area contributed by atoms with Crippen molar-refractivity contribution < 1.29 is 19.0 Å². The van der Waals surface area contributed by atoms with E-state index in [1.807, 2.05) is 63.2 Å². The van der Waals surface area contributed by atoms with Gasteiger partial charge in [0, 0.05) is 0 Å². The van der Waals surface area contributed by atoms with Gasteiger partial charge in [0.1, 0.15) is 5.75 Å². The van der Waals surface area contributed by atoms with Gasteiger partial charge in [-0.15, -0.1) is 0 Å². The van der Waals surface area contributed by atoms with Crippen LogP contribution in [0.4, 0.5) is 0 Å². The van der Waals surface area contributed by atoms with E-state index in [1.54, 1.807) is 6.21 Å². The first-order valence-electron chi connectivity index (χ1n) is 9.10. The van der Waals surface area contributed by atoms with Gasteiger partial charge in [-0.25, -0.2) is 5.43 Å². The highest BCUT2D eigenvalue weighted by atomic mass is 16.5. The number of hydrogen-bond acceptors (Lipinski definition) is 5. The van der Waals surface area contributed by atoms with Gasteiger partial charge >= 0.3 is 0 Å². The van der Waals surface area contributed by atoms with Gasteiger partial charge in [0.15, 0.2) is 18.1 Å². The zero-order chi connectivity index (χ0) is 19.5. The van der Waals surface area contributed by atoms with Crippen LogP contribution in [0, 0.1) is 0 Å². The van der Waals surface area contributed by atoms with E-state index >= 15 is 0 Å². The Morgan fingerprint density at radius 1 is 0.963 bits per heavy atom. The maximum atomic E-state index is 11.9. The molecule has 0 fully saturated rings. The van der Waals surface area contributed by atoms with Gasteiger partial charge in [0.2, 0.25) is 0 Å². The minimum absolute atomic E-state index is 0.0954. The lowest BCUT2D eigenvalue weighted by Gasteiger charge is -2.11. The Balaban J connectivity index is 1.90. The Hall–Kier alpha value is -3.02. The van der Waals surface area contributed by atoms with Crippen molar-refractivity contribution in [2.24, 2.45) is 5.10 Å². The zero-order valence-corrected chi connectivity index (χ0v) is 16.0. The summed E-state index contributed by atoms with van der Waals surface area (Å²) in [6.07, 6.45) is 2.39. The van der Waals surface area contributed by atoms with Crippen LogP contribution in [-0.4, -0.2) is 31.9 Å². The van der Waals surface area contributed by atoms with Gasteiger partial charge in [-0.2, -0.15) is 5.10 Å². The molecule has 0 spiro atoms. The summed E-state index contributed by atoms with van der Waals surface area (Å²) in [5.41, 5.74) is 4.32. The number of rotatable bonds is 10. The maximum Gasteiger partial charge on any atom is 0.277 e. The van der Waals surface area contributed by atoms with Gasteiger partial charge in [-0.1, -0.05) is 25.1 Å². The molecule has 0 radical (unpaired) electrons. The van der Waals surface area contributed by atoms with Crippen LogP contribution >= 0.6 is 0 Å². The van der Waals surface area contributed by atoms with E-state index in [-0.39, 0.29) is 12.5 Å². The summed E-state index contributed by atoms with van der Waals surface area (Å²) < 4.78 is 16.7. The number of nitrogens with one attached hydrogen (secondary N) is 1. The quantitative estimate of drug-likeness (QED) is 0.513. The molecule has 0 saturated carbocycles. The van der Waals surface area contributed by atoms with Crippen LogP contribution in [0.15, 0.2) is 47.6 Å². The number of hydrazone groups is 1. The summed E-state index contributed by atoms with van der Waals surface area (Å²) in [7, 11) is 0. The molecule has 2 aromatic rings. The van der Waals surface area contributed by atoms with Crippen LogP contribution in [0.2, 0.25) is 0 Å². The monoisotopic (exact) mass is 370 g/mol. The van der Waals surface area contributed by atoms with Gasteiger partial charge < -0.3 is 14.2 Å². The fraction of sp³-hybridized carbons (Fsp3) is 0.333. The minimum Gasteiger partial charge on any atom is -0.490 e. The van der Waals surface area contributed by atoms with Crippen molar-refractivity contribution in [1.82, 2.24) is 5.43 Å². The molecule has 0 atom stereocenters. The second-order valence-electron chi connectivity index (χ2n) is 5.62. The third kappa shape index (κ3) is 6.33. The molecule has 1 amide bonds. The standard InChI is InChI=1S/C21H26N2O4/c1-4-17-9-7-8-10-18(17)27-15-21(24)23-22-14-16-11-12-19(25-5-2)20(13-16)26-6-3/h7-14H,4-6,15H2,1-3H3,(H,23,24)/b22-14+. The summed E-state index contributed by atoms with van der Waals surface area (Å²) in [4.78, 5) is 11.9. The predicted octanol–water partition coefficient (Wildman–Crippen LogP) is 3.58. The van der Waals surface area contributed by atoms with Gasteiger partial charge in [0.05, 0.1) is 19.4 Å². The third-order valence-electron chi connectivity index (χ3n) is 3.68. The SMILES string of the molecule is CCOc1ccc(/C=N/NC(=O)COc2ccccc2CC)cc1OCC. The number of hydrogen-bond donors (Lipinski definition) is 1. The molecule has 144 valence electrons. The smallest absolute Gasteiger partial charge is 0.277 e. The number of carbonyl (C=O) groups is 1. The maximum absolute atomic E-state index is 11.9. The molecule has 0 aliphatic heterocycles. The van der Waals surface area contributed by atoms with Crippen LogP contribution in [0.1, 0.15) is 31.9 Å². The number of amides is 1. The largest absolute Gasteiger partial charge is 0.490 e. The van der Waals surface area contributed by atoms with Crippen molar-refractivity contribution in [1.29, 1.82) is 0 Å². The molecule has 2 aromatic carbocycles. The van der Waals surface area contributed by atoms with E-state index in [0.29, 0.717) is 30.5 Å². The van der Waals surface area contributed by atoms with Crippen LogP contribution in [0.5, 0.6) is 17.2 Å². The number of nitrogens with zero attached hydrogens (tertiary/aromatic N) is 1. The Bertz CT molecular complexity index is 775. The lowest BCUT2D eigenvalue weighted by Crippen LogP contribution is -2.24. The van der Waals surface area contributed by atoms with Gasteiger partial charge in [0.25, 0.3) is 5.91 Å². The Morgan fingerprint density at radius 3 is 2.44 bits per heavy atom. The lowest BCUT2D eigenvalue weighted by molar-refractivity contribution is -0.123. The molecule has 6 nitrogen and oxygen atoms in total. The Labute approximate surface area is 160 Å². The Kier molecular flexibility index (Phi) is 8.16. The van der Waals surface area contributed by atoms with E-state index < -0.39 is 0 Å². The number of aryl methyl sites for hydroxylation is 1. The van der Waals surface area contributed by atoms with Crippen molar-refractivity contribution in [3.05, 3.63) is 53.6 Å². The number of para-hydroxylation sites is 1. The first-order valence-corrected chi connectivity index (χ1v) is 9.10. The zero-order valence-electron chi connectivity index (χ0n) is 16.0. The summed E-state index contributed by atoms with van der Waals surface area (Å²) in [6, 6.07) is 13.1. The molecule has 0 unspecified atom stereocenters. The molecule has 0 aliphatic carbocycles. The van der Waals surface area contributed by atoms with E-state index in [4.69, 9.17) is 14.2 Å². The lowest BCUT2D eigenvalue weighted by atomic mass is 10.1. The molecule has 0 heterocycles. The van der Waals surface area contributed by atoms with E-state index in [9.17, 15) is 4.79 Å². The van der Waals surface area contributed by atoms with Crippen LogP contribution < -0.4 is 19.6 Å². The van der Waals surface area contributed by atoms with Gasteiger partial charge in [-0.3, -0.25) is 4.79 Å². The fourth-order valence-corrected chi connectivity index (χ4v) is 2.44. The van der Waals surface area contributed by atoms with Crippen molar-refractivity contribution in [3.8, 4) is 17.2 Å². The van der Waals surface area contributed by atoms with Crippen molar-refractivity contribution in [3.63, 3.8) is 0 Å². The van der Waals surface area contributed by atoms with Crippen LogP contribution in [-0.2, 0) is 11.2 Å². The topological polar surface area (TPSA) is 69.2 Å². The summed E-state index contributed by atoms with van der Waals surface area (Å²) in [5.74, 6) is 1.72. The van der Waals surface area contributed by atoms with Crippen molar-refractivity contribution >= 4 is 12.1 Å². The minimum atomic E-state index is -0.326. The molecular formula is C21H26N2O4. The highest BCUT2D eigenvalue weighted by molar-refractivity contribution is 5.83. The number of ether oxygens (including phenoxy) is 3. The fourth-order valence-electron chi connectivity index (χ4n) is 2.44. The number of benzene rings is 2. The van der Waals surface area contributed by atoms with E-state index in [0.717, 1.165) is 17.5 Å². The van der Waals surface area contributed by atoms with Gasteiger partial charge in [-0.05, 0) is 55.7 Å². The predicted molar refractivity (Wildman–Crippen MR) is 106 cm³/mol. The van der Waals surface area contributed by atoms with Crippen LogP contribution in [0.25, 0.3) is 0 Å². The van der Waals surface area contributed by atoms with Crippen molar-refractivity contribution in [2.45, 2.75) is 27.2 Å². The molecule has 0 bridgehead atoms. The molecular weight excluding hydrogens is 344 g/mol. The average Bonchev–Trinajstić information content (AvgIpc) is 2.69. The first kappa shape index (κ1) is 20.3. The highest BCUT2D eigenvalue weighted by Crippen LogP contribution is 2.28. The molecule has 0 aliphatic rings. The number of carbonyl (C=O) groups excluding carboxylic acids is 1. The second kappa shape index (κ2) is 10.9. The Morgan fingerprint density at radius 2 is 1.70 bits per heavy atom. The molecule has 0 aromatic heterocycles. The average molecular weight is 370 g/mol. The van der Waals surface area contributed by atoms with E-state index in [1.165, 1.54) is 0 Å².